The van der Waals surface area contributed by atoms with E-state index in [1.54, 1.807) is 18.2 Å². The van der Waals surface area contributed by atoms with E-state index in [1.165, 1.54) is 7.11 Å². The van der Waals surface area contributed by atoms with Crippen LogP contribution < -0.4 is 16.2 Å². The summed E-state index contributed by atoms with van der Waals surface area (Å²) in [6, 6.07) is 3.94. The molecule has 0 heterocycles. The van der Waals surface area contributed by atoms with E-state index < -0.39 is 11.9 Å². The summed E-state index contributed by atoms with van der Waals surface area (Å²) in [5.41, 5.74) is 10.9. The van der Waals surface area contributed by atoms with Crippen molar-refractivity contribution in [2.75, 3.05) is 7.11 Å². The summed E-state index contributed by atoms with van der Waals surface area (Å²) in [5, 5.41) is 0. The molecular formula is C11H13BrN2O3. The van der Waals surface area contributed by atoms with Gasteiger partial charge >= 0.3 is 0 Å². The van der Waals surface area contributed by atoms with Crippen LogP contribution in [-0.4, -0.2) is 24.8 Å². The number of carbonyl (C=O) groups is 2. The lowest BCUT2D eigenvalue weighted by Gasteiger charge is -2.08. The minimum Gasteiger partial charge on any atom is -0.496 e. The molecule has 1 atom stereocenters. The highest BCUT2D eigenvalue weighted by Crippen LogP contribution is 2.26. The van der Waals surface area contributed by atoms with Crippen molar-refractivity contribution in [1.29, 1.82) is 0 Å². The van der Waals surface area contributed by atoms with Gasteiger partial charge in [0.1, 0.15) is 5.75 Å². The van der Waals surface area contributed by atoms with Crippen molar-refractivity contribution in [3.05, 3.63) is 28.2 Å². The topological polar surface area (TPSA) is 95.4 Å². The molecule has 0 aliphatic heterocycles. The van der Waals surface area contributed by atoms with Gasteiger partial charge < -0.3 is 16.2 Å². The molecule has 0 bridgehead atoms. The lowest BCUT2D eigenvalue weighted by molar-refractivity contribution is -0.119. The number of Topliss-reactive ketones (excluding diaryl/α,β-unsaturated/α-hetero) is 1. The molecule has 0 fully saturated rings. The normalized spacial score (nSPS) is 11.9. The molecule has 0 radical (unpaired) electrons. The summed E-state index contributed by atoms with van der Waals surface area (Å²) < 4.78 is 5.71. The first kappa shape index (κ1) is 13.7. The van der Waals surface area contributed by atoms with Crippen LogP contribution in [0.2, 0.25) is 0 Å². The third kappa shape index (κ3) is 3.54. The van der Waals surface area contributed by atoms with E-state index in [9.17, 15) is 9.59 Å². The average Bonchev–Trinajstić information content (AvgIpc) is 2.28. The lowest BCUT2D eigenvalue weighted by atomic mass is 10.0. The molecule has 1 aromatic rings. The molecule has 1 unspecified atom stereocenters. The fraction of sp³-hybridized carbons (Fsp3) is 0.273. The molecule has 5 nitrogen and oxygen atoms in total. The van der Waals surface area contributed by atoms with Crippen LogP contribution in [0.3, 0.4) is 0 Å². The van der Waals surface area contributed by atoms with E-state index in [0.717, 1.165) is 0 Å². The fourth-order valence-corrected chi connectivity index (χ4v) is 1.80. The van der Waals surface area contributed by atoms with Crippen molar-refractivity contribution in [3.8, 4) is 5.75 Å². The van der Waals surface area contributed by atoms with Crippen molar-refractivity contribution < 1.29 is 14.3 Å². The number of nitrogens with two attached hydrogens (primary N) is 2. The van der Waals surface area contributed by atoms with Gasteiger partial charge in [-0.25, -0.2) is 0 Å². The Hall–Kier alpha value is -1.40. The molecule has 92 valence electrons. The number of carbonyl (C=O) groups excluding carboxylic acids is 2. The van der Waals surface area contributed by atoms with Gasteiger partial charge in [-0.2, -0.15) is 0 Å². The summed E-state index contributed by atoms with van der Waals surface area (Å²) in [6.07, 6.45) is -0.103. The van der Waals surface area contributed by atoms with Gasteiger partial charge in [-0.1, -0.05) is 0 Å². The molecule has 0 aliphatic carbocycles. The second-order valence-electron chi connectivity index (χ2n) is 3.49. The van der Waals surface area contributed by atoms with Gasteiger partial charge in [0.2, 0.25) is 5.91 Å². The Kier molecular flexibility index (Phi) is 4.65. The maximum atomic E-state index is 11.8. The monoisotopic (exact) mass is 300 g/mol. The summed E-state index contributed by atoms with van der Waals surface area (Å²) in [6.45, 7) is 0. The molecular weight excluding hydrogens is 288 g/mol. The summed E-state index contributed by atoms with van der Waals surface area (Å²) >= 11 is 3.27. The SMILES string of the molecule is COc1ccc(C(=O)CC(N)C(N)=O)cc1Br. The number of ketones is 1. The summed E-state index contributed by atoms with van der Waals surface area (Å²) in [7, 11) is 1.53. The molecule has 0 spiro atoms. The lowest BCUT2D eigenvalue weighted by Crippen LogP contribution is -2.38. The zero-order chi connectivity index (χ0) is 13.0. The highest BCUT2D eigenvalue weighted by atomic mass is 79.9. The summed E-state index contributed by atoms with van der Waals surface area (Å²) in [4.78, 5) is 22.5. The zero-order valence-corrected chi connectivity index (χ0v) is 10.9. The van der Waals surface area contributed by atoms with Crippen LogP contribution in [0.1, 0.15) is 16.8 Å². The van der Waals surface area contributed by atoms with Crippen LogP contribution >= 0.6 is 15.9 Å². The second kappa shape index (κ2) is 5.79. The summed E-state index contributed by atoms with van der Waals surface area (Å²) in [5.74, 6) is -0.300. The second-order valence-corrected chi connectivity index (χ2v) is 4.34. The third-order valence-corrected chi connectivity index (χ3v) is 2.86. The molecule has 1 rings (SSSR count). The molecule has 1 aromatic carbocycles. The van der Waals surface area contributed by atoms with Crippen LogP contribution in [0.15, 0.2) is 22.7 Å². The Morgan fingerprint density at radius 2 is 2.12 bits per heavy atom. The van der Waals surface area contributed by atoms with Crippen molar-refractivity contribution in [3.63, 3.8) is 0 Å². The quantitative estimate of drug-likeness (QED) is 0.788. The minimum absolute atomic E-state index is 0.103. The van der Waals surface area contributed by atoms with E-state index in [1.807, 2.05) is 0 Å². The molecule has 0 saturated carbocycles. The van der Waals surface area contributed by atoms with Crippen LogP contribution in [0.5, 0.6) is 5.75 Å². The number of methoxy groups -OCH3 is 1. The number of ether oxygens (including phenoxy) is 1. The van der Waals surface area contributed by atoms with Crippen molar-refractivity contribution >= 4 is 27.6 Å². The van der Waals surface area contributed by atoms with Crippen LogP contribution in [-0.2, 0) is 4.79 Å². The fourth-order valence-electron chi connectivity index (χ4n) is 1.26. The number of hydrogen-bond acceptors (Lipinski definition) is 4. The Morgan fingerprint density at radius 1 is 1.47 bits per heavy atom. The molecule has 1 amide bonds. The first-order valence-electron chi connectivity index (χ1n) is 4.87. The Labute approximate surface area is 107 Å². The Balaban J connectivity index is 2.83. The number of amides is 1. The van der Waals surface area contributed by atoms with E-state index in [0.29, 0.717) is 15.8 Å². The number of benzene rings is 1. The third-order valence-electron chi connectivity index (χ3n) is 2.24. The standard InChI is InChI=1S/C11H13BrN2O3/c1-17-10-3-2-6(4-7(10)12)9(15)5-8(13)11(14)16/h2-4,8H,5,13H2,1H3,(H2,14,16). The van der Waals surface area contributed by atoms with E-state index in [4.69, 9.17) is 16.2 Å². The minimum atomic E-state index is -0.955. The van der Waals surface area contributed by atoms with Gasteiger partial charge in [0.15, 0.2) is 5.78 Å². The van der Waals surface area contributed by atoms with Crippen molar-refractivity contribution in [2.45, 2.75) is 12.5 Å². The Bertz CT molecular complexity index is 448. The molecule has 17 heavy (non-hydrogen) atoms. The number of halogens is 1. The highest BCUT2D eigenvalue weighted by Gasteiger charge is 2.16. The Morgan fingerprint density at radius 3 is 2.59 bits per heavy atom. The molecule has 4 N–H and O–H groups in total. The van der Waals surface area contributed by atoms with Gasteiger partial charge in [0.05, 0.1) is 17.6 Å². The van der Waals surface area contributed by atoms with Crippen molar-refractivity contribution in [1.82, 2.24) is 0 Å². The molecule has 0 saturated heterocycles. The molecule has 6 heteroatoms. The van der Waals surface area contributed by atoms with Gasteiger partial charge in [-0.05, 0) is 34.1 Å². The predicted molar refractivity (Wildman–Crippen MR) is 66.8 cm³/mol. The first-order valence-corrected chi connectivity index (χ1v) is 5.66. The van der Waals surface area contributed by atoms with Gasteiger partial charge in [-0.15, -0.1) is 0 Å². The highest BCUT2D eigenvalue weighted by molar-refractivity contribution is 9.10. The number of hydrogen-bond donors (Lipinski definition) is 2. The average molecular weight is 301 g/mol. The first-order chi connectivity index (χ1) is 7.95. The van der Waals surface area contributed by atoms with Crippen LogP contribution in [0.4, 0.5) is 0 Å². The maximum Gasteiger partial charge on any atom is 0.234 e. The maximum absolute atomic E-state index is 11.8. The molecule has 0 aromatic heterocycles. The van der Waals surface area contributed by atoms with Gasteiger partial charge in [-0.3, -0.25) is 9.59 Å². The van der Waals surface area contributed by atoms with Gasteiger partial charge in [0, 0.05) is 12.0 Å². The van der Waals surface area contributed by atoms with Crippen LogP contribution in [0.25, 0.3) is 0 Å². The zero-order valence-electron chi connectivity index (χ0n) is 9.27. The van der Waals surface area contributed by atoms with Gasteiger partial charge in [0.25, 0.3) is 0 Å². The smallest absolute Gasteiger partial charge is 0.234 e. The molecule has 0 aliphatic rings. The van der Waals surface area contributed by atoms with E-state index >= 15 is 0 Å². The van der Waals surface area contributed by atoms with Crippen LogP contribution in [0, 0.1) is 0 Å². The largest absolute Gasteiger partial charge is 0.496 e. The number of primary amides is 1. The van der Waals surface area contributed by atoms with E-state index in [-0.39, 0.29) is 12.2 Å². The van der Waals surface area contributed by atoms with Crippen molar-refractivity contribution in [2.24, 2.45) is 11.5 Å². The van der Waals surface area contributed by atoms with E-state index in [2.05, 4.69) is 15.9 Å². The number of rotatable bonds is 5. The predicted octanol–water partition coefficient (Wildman–Crippen LogP) is 0.843.